The zero-order chi connectivity index (χ0) is 17.5. The van der Waals surface area contributed by atoms with Crippen LogP contribution in [0.3, 0.4) is 0 Å². The van der Waals surface area contributed by atoms with Crippen LogP contribution in [0.4, 0.5) is 5.69 Å². The quantitative estimate of drug-likeness (QED) is 0.546. The zero-order valence-corrected chi connectivity index (χ0v) is 15.3. The van der Waals surface area contributed by atoms with Crippen LogP contribution in [0.2, 0.25) is 0 Å². The Bertz CT molecular complexity index is 684. The van der Waals surface area contributed by atoms with Gasteiger partial charge in [-0.1, -0.05) is 34.1 Å². The van der Waals surface area contributed by atoms with Gasteiger partial charge in [-0.3, -0.25) is 4.79 Å². The van der Waals surface area contributed by atoms with Crippen LogP contribution in [-0.4, -0.2) is 29.9 Å². The molecule has 0 saturated heterocycles. The summed E-state index contributed by atoms with van der Waals surface area (Å²) in [6.07, 6.45) is -0.165. The Hall–Kier alpha value is -2.14. The first kappa shape index (κ1) is 18.2. The summed E-state index contributed by atoms with van der Waals surface area (Å²) in [4.78, 5) is 26.3. The van der Waals surface area contributed by atoms with Crippen molar-refractivity contribution in [2.24, 2.45) is 0 Å². The molecule has 2 aromatic rings. The minimum Gasteiger partial charge on any atom is -0.459 e. The molecule has 0 aliphatic heterocycles. The SMILES string of the molecule is CC(C)OC(=O)c1ccc(N(CCBr)C(=O)c2ccccc2)cc1. The predicted molar refractivity (Wildman–Crippen MR) is 98.9 cm³/mol. The fraction of sp³-hybridized carbons (Fsp3) is 0.263. The first-order valence-electron chi connectivity index (χ1n) is 7.77. The van der Waals surface area contributed by atoms with Crippen molar-refractivity contribution in [3.8, 4) is 0 Å². The van der Waals surface area contributed by atoms with E-state index in [1.54, 1.807) is 41.3 Å². The Labute approximate surface area is 150 Å². The third-order valence-corrected chi connectivity index (χ3v) is 3.69. The van der Waals surface area contributed by atoms with Crippen molar-refractivity contribution in [3.63, 3.8) is 0 Å². The summed E-state index contributed by atoms with van der Waals surface area (Å²) < 4.78 is 5.17. The van der Waals surface area contributed by atoms with Gasteiger partial charge in [-0.25, -0.2) is 4.79 Å². The Morgan fingerprint density at radius 2 is 1.62 bits per heavy atom. The topological polar surface area (TPSA) is 46.6 Å². The summed E-state index contributed by atoms with van der Waals surface area (Å²) in [5.74, 6) is -0.439. The molecule has 0 fully saturated rings. The van der Waals surface area contributed by atoms with E-state index in [-0.39, 0.29) is 18.0 Å². The van der Waals surface area contributed by atoms with Crippen LogP contribution in [0.1, 0.15) is 34.6 Å². The highest BCUT2D eigenvalue weighted by Gasteiger charge is 2.18. The van der Waals surface area contributed by atoms with Gasteiger partial charge >= 0.3 is 5.97 Å². The van der Waals surface area contributed by atoms with Gasteiger partial charge in [0.25, 0.3) is 5.91 Å². The van der Waals surface area contributed by atoms with Gasteiger partial charge in [0.1, 0.15) is 0 Å². The van der Waals surface area contributed by atoms with Gasteiger partial charge in [0.05, 0.1) is 11.7 Å². The third-order valence-electron chi connectivity index (χ3n) is 3.33. The largest absolute Gasteiger partial charge is 0.459 e. The average molecular weight is 390 g/mol. The monoisotopic (exact) mass is 389 g/mol. The second-order valence-electron chi connectivity index (χ2n) is 5.51. The molecule has 4 nitrogen and oxygen atoms in total. The van der Waals surface area contributed by atoms with Gasteiger partial charge in [-0.2, -0.15) is 0 Å². The van der Waals surface area contributed by atoms with E-state index >= 15 is 0 Å². The third kappa shape index (κ3) is 4.68. The summed E-state index contributed by atoms with van der Waals surface area (Å²) in [6.45, 7) is 4.15. The van der Waals surface area contributed by atoms with E-state index in [0.29, 0.717) is 23.0 Å². The lowest BCUT2D eigenvalue weighted by molar-refractivity contribution is 0.0378. The van der Waals surface area contributed by atoms with Crippen LogP contribution < -0.4 is 4.90 Å². The molecule has 126 valence electrons. The molecule has 0 aromatic heterocycles. The van der Waals surface area contributed by atoms with Gasteiger partial charge in [-0.05, 0) is 50.2 Å². The number of carbonyl (C=O) groups is 2. The second kappa shape index (κ2) is 8.64. The number of alkyl halides is 1. The molecular weight excluding hydrogens is 370 g/mol. The number of halogens is 1. The molecule has 5 heteroatoms. The second-order valence-corrected chi connectivity index (χ2v) is 6.31. The van der Waals surface area contributed by atoms with Gasteiger partial charge in [0.15, 0.2) is 0 Å². The maximum atomic E-state index is 12.7. The average Bonchev–Trinajstić information content (AvgIpc) is 2.59. The van der Waals surface area contributed by atoms with Crippen molar-refractivity contribution in [2.45, 2.75) is 20.0 Å². The van der Waals surface area contributed by atoms with E-state index in [2.05, 4.69) is 15.9 Å². The molecule has 0 spiro atoms. The smallest absolute Gasteiger partial charge is 0.338 e. The van der Waals surface area contributed by atoms with E-state index in [4.69, 9.17) is 4.74 Å². The number of anilines is 1. The van der Waals surface area contributed by atoms with Crippen LogP contribution in [0, 0.1) is 0 Å². The van der Waals surface area contributed by atoms with Gasteiger partial charge in [0, 0.05) is 23.1 Å². The van der Waals surface area contributed by atoms with Crippen LogP contribution in [0.15, 0.2) is 54.6 Å². The molecule has 0 saturated carbocycles. The number of esters is 1. The Morgan fingerprint density at radius 1 is 1.00 bits per heavy atom. The molecule has 1 amide bonds. The van der Waals surface area contributed by atoms with Gasteiger partial charge in [-0.15, -0.1) is 0 Å². The lowest BCUT2D eigenvalue weighted by Crippen LogP contribution is -2.32. The van der Waals surface area contributed by atoms with E-state index in [1.807, 2.05) is 32.0 Å². The lowest BCUT2D eigenvalue weighted by Gasteiger charge is -2.22. The van der Waals surface area contributed by atoms with Crippen LogP contribution in [0.25, 0.3) is 0 Å². The summed E-state index contributed by atoms with van der Waals surface area (Å²) in [7, 11) is 0. The Morgan fingerprint density at radius 3 is 2.17 bits per heavy atom. The van der Waals surface area contributed by atoms with Crippen molar-refractivity contribution in [1.82, 2.24) is 0 Å². The van der Waals surface area contributed by atoms with Gasteiger partial charge < -0.3 is 9.64 Å². The highest BCUT2D eigenvalue weighted by atomic mass is 79.9. The van der Waals surface area contributed by atoms with Crippen molar-refractivity contribution < 1.29 is 14.3 Å². The van der Waals surface area contributed by atoms with E-state index in [9.17, 15) is 9.59 Å². The molecule has 0 aliphatic rings. The van der Waals surface area contributed by atoms with Crippen molar-refractivity contribution in [1.29, 1.82) is 0 Å². The minimum absolute atomic E-state index is 0.0763. The summed E-state index contributed by atoms with van der Waals surface area (Å²) in [5, 5.41) is 0.655. The van der Waals surface area contributed by atoms with Gasteiger partial charge in [0.2, 0.25) is 0 Å². The molecular formula is C19H20BrNO3. The number of nitrogens with zero attached hydrogens (tertiary/aromatic N) is 1. The van der Waals surface area contributed by atoms with E-state index < -0.39 is 0 Å². The minimum atomic E-state index is -0.363. The molecule has 24 heavy (non-hydrogen) atoms. The van der Waals surface area contributed by atoms with Crippen molar-refractivity contribution in [2.75, 3.05) is 16.8 Å². The number of rotatable bonds is 6. The summed E-state index contributed by atoms with van der Waals surface area (Å²) in [5.41, 5.74) is 1.84. The molecule has 0 atom stereocenters. The van der Waals surface area contributed by atoms with Crippen LogP contribution in [0.5, 0.6) is 0 Å². The molecule has 2 rings (SSSR count). The molecule has 0 radical (unpaired) electrons. The van der Waals surface area contributed by atoms with E-state index in [0.717, 1.165) is 5.69 Å². The molecule has 0 N–H and O–H groups in total. The summed E-state index contributed by atoms with van der Waals surface area (Å²) in [6, 6.07) is 16.0. The molecule has 0 bridgehead atoms. The molecule has 0 aliphatic carbocycles. The first-order valence-corrected chi connectivity index (χ1v) is 8.89. The van der Waals surface area contributed by atoms with Crippen LogP contribution >= 0.6 is 15.9 Å². The number of benzene rings is 2. The van der Waals surface area contributed by atoms with Crippen molar-refractivity contribution in [3.05, 3.63) is 65.7 Å². The van der Waals surface area contributed by atoms with E-state index in [1.165, 1.54) is 0 Å². The number of ether oxygens (including phenoxy) is 1. The molecule has 0 heterocycles. The number of hydrogen-bond donors (Lipinski definition) is 0. The first-order chi connectivity index (χ1) is 11.5. The lowest BCUT2D eigenvalue weighted by atomic mass is 10.1. The normalized spacial score (nSPS) is 10.5. The highest BCUT2D eigenvalue weighted by molar-refractivity contribution is 9.09. The highest BCUT2D eigenvalue weighted by Crippen LogP contribution is 2.19. The van der Waals surface area contributed by atoms with Crippen molar-refractivity contribution >= 4 is 33.5 Å². The summed E-state index contributed by atoms with van der Waals surface area (Å²) >= 11 is 3.38. The Kier molecular flexibility index (Phi) is 6.55. The number of amides is 1. The molecule has 2 aromatic carbocycles. The maximum Gasteiger partial charge on any atom is 0.338 e. The number of hydrogen-bond acceptors (Lipinski definition) is 3. The maximum absolute atomic E-state index is 12.7. The fourth-order valence-corrected chi connectivity index (χ4v) is 2.58. The number of carbonyl (C=O) groups excluding carboxylic acids is 2. The standard InChI is InChI=1S/C19H20BrNO3/c1-14(2)24-19(23)16-8-10-17(11-9-16)21(13-12-20)18(22)15-6-4-3-5-7-15/h3-11,14H,12-13H2,1-2H3. The zero-order valence-electron chi connectivity index (χ0n) is 13.7. The Balaban J connectivity index is 2.22. The molecule has 0 unspecified atom stereocenters. The van der Waals surface area contributed by atoms with Crippen LogP contribution in [-0.2, 0) is 4.74 Å². The predicted octanol–water partition coefficient (Wildman–Crippen LogP) is 4.29. The fourth-order valence-electron chi connectivity index (χ4n) is 2.23.